The molecule has 4 aliphatic rings. The fraction of sp³-hybridized carbons (Fsp3) is 0.469. The smallest absolute Gasteiger partial charge is 0.350 e. The number of nitrogens with one attached hydrogen (secondary N) is 4. The van der Waals surface area contributed by atoms with Gasteiger partial charge in [0.05, 0.1) is 19.3 Å². The number of benzene rings is 1. The number of aliphatic imine (C=N–C) groups is 1. The maximum atomic E-state index is 15.2. The highest BCUT2D eigenvalue weighted by Crippen LogP contribution is 2.59. The number of hydrogen-bond acceptors (Lipinski definition) is 12. The van der Waals surface area contributed by atoms with E-state index in [1.165, 1.54) is 5.57 Å². The first kappa shape index (κ1) is 45.3. The van der Waals surface area contributed by atoms with E-state index in [2.05, 4.69) is 75.2 Å². The Morgan fingerprint density at radius 3 is 2.71 bits per heavy atom. The topological polar surface area (TPSA) is 211 Å². The summed E-state index contributed by atoms with van der Waals surface area (Å²) in [5, 5.41) is 13.1. The van der Waals surface area contributed by atoms with Crippen molar-refractivity contribution in [3.8, 4) is 0 Å². The zero-order valence-corrected chi connectivity index (χ0v) is 37.4. The maximum absolute atomic E-state index is 15.2. The van der Waals surface area contributed by atoms with E-state index in [-0.39, 0.29) is 53.5 Å². The van der Waals surface area contributed by atoms with Gasteiger partial charge in [0, 0.05) is 48.9 Å². The third kappa shape index (κ3) is 9.48. The lowest BCUT2D eigenvalue weighted by Crippen LogP contribution is -2.51. The highest BCUT2D eigenvalue weighted by molar-refractivity contribution is 6.33. The Morgan fingerprint density at radius 2 is 1.97 bits per heavy atom. The van der Waals surface area contributed by atoms with Crippen molar-refractivity contribution in [3.05, 3.63) is 118 Å². The van der Waals surface area contributed by atoms with Crippen LogP contribution in [0.2, 0.25) is 0 Å². The number of guanidine groups is 1. The number of epoxide rings is 1. The van der Waals surface area contributed by atoms with Gasteiger partial charge in [-0.05, 0) is 111 Å². The number of anilines is 2. The highest BCUT2D eigenvalue weighted by Gasteiger charge is 2.85. The van der Waals surface area contributed by atoms with E-state index in [4.69, 9.17) is 20.9 Å². The molecule has 1 aliphatic heterocycles. The summed E-state index contributed by atoms with van der Waals surface area (Å²) in [7, 11) is 3.45. The number of Topliss-reactive ketones (excluding diaryl/α,β-unsaturated/α-hetero) is 2. The summed E-state index contributed by atoms with van der Waals surface area (Å²) >= 11 is 0. The van der Waals surface area contributed by atoms with Crippen LogP contribution in [0.5, 0.6) is 0 Å². The molecule has 3 aromatic rings. The summed E-state index contributed by atoms with van der Waals surface area (Å²) in [5.74, 6) is -0.0322. The summed E-state index contributed by atoms with van der Waals surface area (Å²) in [6, 6.07) is 12.6. The van der Waals surface area contributed by atoms with Crippen LogP contribution in [-0.4, -0.2) is 84.6 Å². The van der Waals surface area contributed by atoms with Crippen LogP contribution in [0.4, 0.5) is 11.6 Å². The highest BCUT2D eigenvalue weighted by atomic mass is 16.7. The third-order valence-corrected chi connectivity index (χ3v) is 12.9. The van der Waals surface area contributed by atoms with E-state index in [9.17, 15) is 4.79 Å². The Hall–Kier alpha value is -5.70. The fourth-order valence-corrected chi connectivity index (χ4v) is 9.71. The fourth-order valence-electron chi connectivity index (χ4n) is 9.71. The number of carbonyl (C=O) groups is 3. The van der Waals surface area contributed by atoms with Gasteiger partial charge >= 0.3 is 5.97 Å². The number of nitrogens with zero attached hydrogens (tertiary/aromatic N) is 3. The number of nitrogen functional groups attached to an aromatic ring is 1. The van der Waals surface area contributed by atoms with Gasteiger partial charge in [0.2, 0.25) is 5.78 Å². The molecule has 63 heavy (non-hydrogen) atoms. The van der Waals surface area contributed by atoms with Crippen LogP contribution in [-0.2, 0) is 27.1 Å². The minimum Gasteiger partial charge on any atom is -0.463 e. The largest absolute Gasteiger partial charge is 0.463 e. The molecule has 7 rings (SSSR count). The van der Waals surface area contributed by atoms with Gasteiger partial charge < -0.3 is 42.2 Å². The predicted octanol–water partition coefficient (Wildman–Crippen LogP) is 5.78. The van der Waals surface area contributed by atoms with E-state index in [1.54, 1.807) is 37.6 Å². The molecule has 334 valence electrons. The summed E-state index contributed by atoms with van der Waals surface area (Å²) in [6.45, 7) is 9.57. The van der Waals surface area contributed by atoms with E-state index < -0.39 is 28.7 Å². The molecule has 14 heteroatoms. The van der Waals surface area contributed by atoms with Crippen LogP contribution < -0.4 is 32.7 Å². The lowest BCUT2D eigenvalue weighted by molar-refractivity contribution is -0.150. The molecule has 14 nitrogen and oxygen atoms in total. The molecule has 8 N–H and O–H groups in total. The molecule has 2 aromatic heterocycles. The van der Waals surface area contributed by atoms with Gasteiger partial charge in [-0.25, -0.2) is 14.8 Å². The standard InChI is InChI=1S/C49H63N9O5/c1-7-54-38-23-33-12-9-8-11-32(33)22-36(38)28-62-45(61)49-44(60)42-35(26-47(3,4)25-31-15-16-40(50)56-27-31)13-10-14-37(42)43(59)48(49,63-49)19-17-30(2)21-39(58-46(51)53-6)34-18-20-55-41(24-34)57-29-52-5/h9-10,12-18,20,23-24,27,32,36,38-39,52,54H,7-8,11,19,21-22,25-26,28-29H2,1-6H3,(H2,50,56)(H,55,57)(H3,51,53,58)/b30-17+/t32-,36-,38+,39+,48-,49-/m0/s1. The van der Waals surface area contributed by atoms with Crippen LogP contribution >= 0.6 is 0 Å². The SMILES string of the molecule is CCN[C@@H]1C=C2C=CCC[C@H]2C[C@H]1COC(=O)[C@]12O[C@@]1(C/C=C(\C)C[C@@H](NC(N)=NC)c1ccnc(NCNC)c1)C(=O)c1cccc(CC(C)(C)Cc3ccc(N)nc3)c1C2=O. The number of esters is 1. The second-order valence-electron chi connectivity index (χ2n) is 18.2. The molecule has 0 spiro atoms. The number of allylic oxidation sites excluding steroid dienone is 3. The van der Waals surface area contributed by atoms with Gasteiger partial charge in [-0.3, -0.25) is 14.6 Å². The van der Waals surface area contributed by atoms with Crippen LogP contribution in [0.25, 0.3) is 0 Å². The molecule has 1 aromatic carbocycles. The first-order valence-electron chi connectivity index (χ1n) is 22.1. The number of hydrogen-bond donors (Lipinski definition) is 6. The van der Waals surface area contributed by atoms with Crippen molar-refractivity contribution in [1.82, 2.24) is 25.9 Å². The van der Waals surface area contributed by atoms with Crippen molar-refractivity contribution >= 4 is 35.1 Å². The number of rotatable bonds is 18. The molecule has 6 atom stereocenters. The minimum atomic E-state index is -2.14. The van der Waals surface area contributed by atoms with Crippen molar-refractivity contribution < 1.29 is 23.9 Å². The quantitative estimate of drug-likeness (QED) is 0.0171. The lowest BCUT2D eigenvalue weighted by atomic mass is 9.69. The number of ketones is 2. The van der Waals surface area contributed by atoms with Crippen LogP contribution in [0, 0.1) is 17.3 Å². The van der Waals surface area contributed by atoms with Crippen LogP contribution in [0.15, 0.2) is 95.3 Å². The van der Waals surface area contributed by atoms with Gasteiger partial charge in [-0.1, -0.05) is 74.9 Å². The summed E-state index contributed by atoms with van der Waals surface area (Å²) in [6.07, 6.45) is 16.5. The number of nitrogens with two attached hydrogens (primary N) is 2. The molecule has 0 amide bonds. The van der Waals surface area contributed by atoms with Crippen molar-refractivity contribution in [3.63, 3.8) is 0 Å². The summed E-state index contributed by atoms with van der Waals surface area (Å²) in [4.78, 5) is 57.9. The van der Waals surface area contributed by atoms with Gasteiger partial charge in [0.15, 0.2) is 17.3 Å². The second-order valence-corrected chi connectivity index (χ2v) is 18.2. The lowest BCUT2D eigenvalue weighted by Gasteiger charge is -2.36. The average molecular weight is 858 g/mol. The minimum absolute atomic E-state index is 0.0109. The monoisotopic (exact) mass is 857 g/mol. The molecule has 0 unspecified atom stereocenters. The molecule has 0 saturated carbocycles. The van der Waals surface area contributed by atoms with Gasteiger partial charge in [-0.2, -0.15) is 0 Å². The molecule has 0 bridgehead atoms. The number of pyridine rings is 2. The Labute approximate surface area is 370 Å². The second kappa shape index (κ2) is 19.0. The predicted molar refractivity (Wildman–Crippen MR) is 246 cm³/mol. The van der Waals surface area contributed by atoms with E-state index >= 15 is 9.59 Å². The molecule has 1 fully saturated rings. The Bertz CT molecular complexity index is 2320. The zero-order chi connectivity index (χ0) is 44.9. The third-order valence-electron chi connectivity index (χ3n) is 12.9. The van der Waals surface area contributed by atoms with Gasteiger partial charge in [0.25, 0.3) is 5.60 Å². The number of likely N-dealkylation sites (N-methyl/N-ethyl adjacent to an activating group) is 1. The normalized spacial score (nSPS) is 24.7. The number of aromatic nitrogens is 2. The number of ether oxygens (including phenoxy) is 2. The van der Waals surface area contributed by atoms with E-state index in [0.29, 0.717) is 49.0 Å². The van der Waals surface area contributed by atoms with Crippen molar-refractivity contribution in [1.29, 1.82) is 0 Å². The first-order chi connectivity index (χ1) is 30.2. The van der Waals surface area contributed by atoms with E-state index in [0.717, 1.165) is 42.5 Å². The van der Waals surface area contributed by atoms with Crippen molar-refractivity contribution in [2.45, 2.75) is 95.9 Å². The molecular weight excluding hydrogens is 795 g/mol. The Balaban J connectivity index is 1.20. The molecular formula is C49H63N9O5. The number of carbonyl (C=O) groups excluding carboxylic acids is 3. The summed E-state index contributed by atoms with van der Waals surface area (Å²) < 4.78 is 12.7. The van der Waals surface area contributed by atoms with E-state index in [1.807, 2.05) is 44.3 Å². The Kier molecular flexibility index (Phi) is 13.6. The zero-order valence-electron chi connectivity index (χ0n) is 37.4. The molecule has 3 aliphatic carbocycles. The maximum Gasteiger partial charge on any atom is 0.350 e. The molecule has 0 radical (unpaired) electrons. The van der Waals surface area contributed by atoms with Gasteiger partial charge in [-0.15, -0.1) is 0 Å². The average Bonchev–Trinajstić information content (AvgIpc) is 3.98. The van der Waals surface area contributed by atoms with Crippen molar-refractivity contribution in [2.75, 3.05) is 45.0 Å². The van der Waals surface area contributed by atoms with Crippen LogP contribution in [0.3, 0.4) is 0 Å². The summed E-state index contributed by atoms with van der Waals surface area (Å²) in [5.41, 5.74) is 13.0. The molecule has 1 saturated heterocycles. The first-order valence-corrected chi connectivity index (χ1v) is 22.1. The van der Waals surface area contributed by atoms with Gasteiger partial charge in [0.1, 0.15) is 11.6 Å². The van der Waals surface area contributed by atoms with Crippen LogP contribution in [0.1, 0.15) is 103 Å². The van der Waals surface area contributed by atoms with Crippen molar-refractivity contribution in [2.24, 2.45) is 28.0 Å². The Morgan fingerprint density at radius 1 is 1.14 bits per heavy atom. The molecule has 3 heterocycles. The number of fused-ring (bicyclic) bond motifs is 3.